The highest BCUT2D eigenvalue weighted by Crippen LogP contribution is 2.21. The van der Waals surface area contributed by atoms with E-state index < -0.39 is 6.04 Å². The third-order valence-corrected chi connectivity index (χ3v) is 5.58. The minimum absolute atomic E-state index is 0.0690. The standard InChI is InChI=1S/C22H31N3O2/c1-17-8-5-6-11-19(17)16-25(15-13-18-9-3-2-4-10-18)22(27)24-20-12-7-14-23-21(20)26/h5-6,8-9,11,20H,2-4,7,10,12-16H2,1H3,(H,23,26)(H,24,27)/t20-/m1/s1. The lowest BCUT2D eigenvalue weighted by molar-refractivity contribution is -0.124. The molecule has 1 atom stereocenters. The summed E-state index contributed by atoms with van der Waals surface area (Å²) in [5.74, 6) is -0.0690. The topological polar surface area (TPSA) is 61.4 Å². The van der Waals surface area contributed by atoms with Crippen molar-refractivity contribution in [3.05, 3.63) is 47.0 Å². The van der Waals surface area contributed by atoms with Gasteiger partial charge in [-0.15, -0.1) is 0 Å². The summed E-state index contributed by atoms with van der Waals surface area (Å²) in [7, 11) is 0. The van der Waals surface area contributed by atoms with E-state index in [1.807, 2.05) is 17.0 Å². The molecule has 1 heterocycles. The van der Waals surface area contributed by atoms with Crippen LogP contribution < -0.4 is 10.6 Å². The Morgan fingerprint density at radius 2 is 2.11 bits per heavy atom. The van der Waals surface area contributed by atoms with Crippen molar-refractivity contribution in [2.45, 2.75) is 64.5 Å². The highest BCUT2D eigenvalue weighted by molar-refractivity contribution is 5.87. The van der Waals surface area contributed by atoms with Gasteiger partial charge in [0.15, 0.2) is 0 Å². The van der Waals surface area contributed by atoms with Gasteiger partial charge in [-0.3, -0.25) is 4.79 Å². The van der Waals surface area contributed by atoms with Crippen molar-refractivity contribution in [3.63, 3.8) is 0 Å². The first-order valence-electron chi connectivity index (χ1n) is 10.2. The van der Waals surface area contributed by atoms with Crippen LogP contribution in [0.4, 0.5) is 4.79 Å². The molecule has 1 saturated heterocycles. The van der Waals surface area contributed by atoms with Crippen LogP contribution in [0, 0.1) is 6.92 Å². The molecule has 1 aliphatic heterocycles. The lowest BCUT2D eigenvalue weighted by Crippen LogP contribution is -2.53. The highest BCUT2D eigenvalue weighted by atomic mass is 16.2. The minimum atomic E-state index is -0.417. The van der Waals surface area contributed by atoms with Crippen LogP contribution in [-0.4, -0.2) is 36.0 Å². The zero-order valence-corrected chi connectivity index (χ0v) is 16.3. The summed E-state index contributed by atoms with van der Waals surface area (Å²) in [5, 5.41) is 5.79. The normalized spacial score (nSPS) is 19.8. The number of nitrogens with zero attached hydrogens (tertiary/aromatic N) is 1. The number of amides is 3. The molecule has 0 unspecified atom stereocenters. The molecule has 3 rings (SSSR count). The lowest BCUT2D eigenvalue weighted by Gasteiger charge is -2.29. The molecule has 27 heavy (non-hydrogen) atoms. The van der Waals surface area contributed by atoms with Gasteiger partial charge in [0, 0.05) is 19.6 Å². The number of carbonyl (C=O) groups excluding carboxylic acids is 2. The summed E-state index contributed by atoms with van der Waals surface area (Å²) in [6, 6.07) is 7.61. The van der Waals surface area contributed by atoms with Crippen LogP contribution in [0.5, 0.6) is 0 Å². The van der Waals surface area contributed by atoms with Crippen LogP contribution in [0.2, 0.25) is 0 Å². The average molecular weight is 370 g/mol. The second-order valence-electron chi connectivity index (χ2n) is 7.64. The van der Waals surface area contributed by atoms with E-state index in [1.165, 1.54) is 24.0 Å². The van der Waals surface area contributed by atoms with E-state index in [0.29, 0.717) is 26.1 Å². The van der Waals surface area contributed by atoms with Crippen molar-refractivity contribution < 1.29 is 9.59 Å². The molecule has 146 valence electrons. The molecule has 5 nitrogen and oxygen atoms in total. The quantitative estimate of drug-likeness (QED) is 0.752. The maximum absolute atomic E-state index is 13.0. The molecule has 2 N–H and O–H groups in total. The fourth-order valence-corrected chi connectivity index (χ4v) is 3.81. The molecule has 1 fully saturated rings. The van der Waals surface area contributed by atoms with Gasteiger partial charge < -0.3 is 15.5 Å². The number of urea groups is 1. The molecule has 0 aromatic heterocycles. The third-order valence-electron chi connectivity index (χ3n) is 5.58. The zero-order chi connectivity index (χ0) is 19.1. The van der Waals surface area contributed by atoms with Gasteiger partial charge in [0.25, 0.3) is 0 Å². The molecular formula is C22H31N3O2. The zero-order valence-electron chi connectivity index (χ0n) is 16.3. The first-order chi connectivity index (χ1) is 13.1. The van der Waals surface area contributed by atoms with Gasteiger partial charge in [-0.25, -0.2) is 4.79 Å². The molecule has 1 aromatic carbocycles. The Balaban J connectivity index is 1.67. The number of rotatable bonds is 6. The van der Waals surface area contributed by atoms with E-state index in [2.05, 4.69) is 35.8 Å². The highest BCUT2D eigenvalue weighted by Gasteiger charge is 2.26. The van der Waals surface area contributed by atoms with Gasteiger partial charge in [-0.1, -0.05) is 35.9 Å². The monoisotopic (exact) mass is 369 g/mol. The van der Waals surface area contributed by atoms with Crippen LogP contribution in [0.25, 0.3) is 0 Å². The van der Waals surface area contributed by atoms with Gasteiger partial charge in [-0.05, 0) is 63.0 Å². The second-order valence-corrected chi connectivity index (χ2v) is 7.64. The van der Waals surface area contributed by atoms with Crippen molar-refractivity contribution in [1.29, 1.82) is 0 Å². The number of hydrogen-bond donors (Lipinski definition) is 2. The summed E-state index contributed by atoms with van der Waals surface area (Å²) in [6.45, 7) is 4.02. The summed E-state index contributed by atoms with van der Waals surface area (Å²) in [6.07, 6.45) is 9.68. The minimum Gasteiger partial charge on any atom is -0.354 e. The van der Waals surface area contributed by atoms with Crippen molar-refractivity contribution in [3.8, 4) is 0 Å². The lowest BCUT2D eigenvalue weighted by atomic mass is 9.97. The fraction of sp³-hybridized carbons (Fsp3) is 0.545. The maximum atomic E-state index is 13.0. The fourth-order valence-electron chi connectivity index (χ4n) is 3.81. The molecular weight excluding hydrogens is 338 g/mol. The van der Waals surface area contributed by atoms with Gasteiger partial charge in [-0.2, -0.15) is 0 Å². The maximum Gasteiger partial charge on any atom is 0.318 e. The van der Waals surface area contributed by atoms with Crippen LogP contribution in [0.3, 0.4) is 0 Å². The van der Waals surface area contributed by atoms with Crippen LogP contribution >= 0.6 is 0 Å². The summed E-state index contributed by atoms with van der Waals surface area (Å²) >= 11 is 0. The van der Waals surface area contributed by atoms with E-state index in [4.69, 9.17) is 0 Å². The molecule has 0 radical (unpaired) electrons. The van der Waals surface area contributed by atoms with E-state index >= 15 is 0 Å². The van der Waals surface area contributed by atoms with Gasteiger partial charge in [0.1, 0.15) is 6.04 Å². The summed E-state index contributed by atoms with van der Waals surface area (Å²) in [5.41, 5.74) is 3.79. The number of allylic oxidation sites excluding steroid dienone is 1. The Bertz CT molecular complexity index is 699. The van der Waals surface area contributed by atoms with E-state index in [-0.39, 0.29) is 11.9 Å². The predicted molar refractivity (Wildman–Crippen MR) is 107 cm³/mol. The molecule has 0 spiro atoms. The Kier molecular flexibility index (Phi) is 6.91. The van der Waals surface area contributed by atoms with Crippen molar-refractivity contribution in [2.75, 3.05) is 13.1 Å². The van der Waals surface area contributed by atoms with Crippen LogP contribution in [-0.2, 0) is 11.3 Å². The van der Waals surface area contributed by atoms with Gasteiger partial charge >= 0.3 is 6.03 Å². The Labute approximate surface area is 162 Å². The average Bonchev–Trinajstić information content (AvgIpc) is 2.69. The van der Waals surface area contributed by atoms with Gasteiger partial charge in [0.2, 0.25) is 5.91 Å². The first-order valence-corrected chi connectivity index (χ1v) is 10.2. The summed E-state index contributed by atoms with van der Waals surface area (Å²) in [4.78, 5) is 26.8. The van der Waals surface area contributed by atoms with E-state index in [0.717, 1.165) is 31.2 Å². The number of hydrogen-bond acceptors (Lipinski definition) is 2. The molecule has 0 saturated carbocycles. The Morgan fingerprint density at radius 1 is 1.26 bits per heavy atom. The number of benzene rings is 1. The molecule has 5 heteroatoms. The number of piperidine rings is 1. The van der Waals surface area contributed by atoms with Crippen molar-refractivity contribution >= 4 is 11.9 Å². The SMILES string of the molecule is Cc1ccccc1CN(CCC1=CCCCC1)C(=O)N[C@@H]1CCCNC1=O. The molecule has 0 bridgehead atoms. The number of carbonyl (C=O) groups is 2. The number of aryl methyl sites for hydroxylation is 1. The predicted octanol–water partition coefficient (Wildman–Crippen LogP) is 3.68. The Hall–Kier alpha value is -2.30. The molecule has 1 aliphatic carbocycles. The largest absolute Gasteiger partial charge is 0.354 e. The molecule has 1 aromatic rings. The first kappa shape index (κ1) is 19.5. The Morgan fingerprint density at radius 3 is 2.85 bits per heavy atom. The van der Waals surface area contributed by atoms with Crippen molar-refractivity contribution in [1.82, 2.24) is 15.5 Å². The van der Waals surface area contributed by atoms with E-state index in [9.17, 15) is 9.59 Å². The van der Waals surface area contributed by atoms with Crippen LogP contribution in [0.1, 0.15) is 56.1 Å². The third kappa shape index (κ3) is 5.59. The number of nitrogens with one attached hydrogen (secondary N) is 2. The molecule has 2 aliphatic rings. The van der Waals surface area contributed by atoms with Crippen LogP contribution in [0.15, 0.2) is 35.9 Å². The van der Waals surface area contributed by atoms with Crippen molar-refractivity contribution in [2.24, 2.45) is 0 Å². The second kappa shape index (κ2) is 9.58. The van der Waals surface area contributed by atoms with E-state index in [1.54, 1.807) is 0 Å². The smallest absolute Gasteiger partial charge is 0.318 e. The van der Waals surface area contributed by atoms with Gasteiger partial charge in [0.05, 0.1) is 0 Å². The summed E-state index contributed by atoms with van der Waals surface area (Å²) < 4.78 is 0. The molecule has 3 amide bonds.